The normalized spacial score (nSPS) is 21.9. The fourth-order valence-corrected chi connectivity index (χ4v) is 2.73. The van der Waals surface area contributed by atoms with E-state index in [1.165, 1.54) is 11.8 Å². The number of carbonyl (C=O) groups excluding carboxylic acids is 2. The molecule has 132 valence electrons. The summed E-state index contributed by atoms with van der Waals surface area (Å²) in [6.45, 7) is 3.64. The summed E-state index contributed by atoms with van der Waals surface area (Å²) in [6.07, 6.45) is -1.29. The highest BCUT2D eigenvalue weighted by molar-refractivity contribution is 5.80. The second-order valence-corrected chi connectivity index (χ2v) is 6.59. The van der Waals surface area contributed by atoms with E-state index in [-0.39, 0.29) is 31.0 Å². The average molecular weight is 335 g/mol. The lowest BCUT2D eigenvalue weighted by molar-refractivity contribution is -0.164. The Kier molecular flexibility index (Phi) is 5.41. The second kappa shape index (κ2) is 6.97. The molecule has 2 aliphatic rings. The van der Waals surface area contributed by atoms with Crippen LogP contribution in [0.25, 0.3) is 0 Å². The molecule has 0 aromatic heterocycles. The fourth-order valence-electron chi connectivity index (χ4n) is 2.73. The summed E-state index contributed by atoms with van der Waals surface area (Å²) in [5.74, 6) is -0.624. The van der Waals surface area contributed by atoms with Crippen molar-refractivity contribution < 1.29 is 22.8 Å². The topological polar surface area (TPSA) is 61.4 Å². The first-order valence-electron chi connectivity index (χ1n) is 8.14. The van der Waals surface area contributed by atoms with Crippen molar-refractivity contribution in [2.45, 2.75) is 57.8 Å². The van der Waals surface area contributed by atoms with Gasteiger partial charge in [0.25, 0.3) is 0 Å². The lowest BCUT2D eigenvalue weighted by Crippen LogP contribution is -2.65. The smallest absolute Gasteiger partial charge is 0.350 e. The zero-order chi connectivity index (χ0) is 17.2. The molecule has 23 heavy (non-hydrogen) atoms. The van der Waals surface area contributed by atoms with Crippen molar-refractivity contribution >= 4 is 11.9 Å². The minimum absolute atomic E-state index is 0.00548. The van der Waals surface area contributed by atoms with E-state index in [1.54, 1.807) is 6.92 Å². The van der Waals surface area contributed by atoms with Crippen LogP contribution in [0.15, 0.2) is 0 Å². The molecule has 0 bridgehead atoms. The predicted molar refractivity (Wildman–Crippen MR) is 78.7 cm³/mol. The number of carbonyl (C=O) groups is 2. The molecule has 1 saturated carbocycles. The Morgan fingerprint density at radius 2 is 1.87 bits per heavy atom. The summed E-state index contributed by atoms with van der Waals surface area (Å²) in [5.41, 5.74) is 0. The molecule has 2 fully saturated rings. The van der Waals surface area contributed by atoms with E-state index in [0.717, 1.165) is 19.3 Å². The van der Waals surface area contributed by atoms with Gasteiger partial charge in [0, 0.05) is 19.0 Å². The van der Waals surface area contributed by atoms with Crippen LogP contribution in [0.1, 0.15) is 39.5 Å². The summed E-state index contributed by atoms with van der Waals surface area (Å²) in [4.78, 5) is 25.0. The highest BCUT2D eigenvalue weighted by atomic mass is 19.4. The van der Waals surface area contributed by atoms with E-state index >= 15 is 0 Å². The van der Waals surface area contributed by atoms with Gasteiger partial charge in [-0.15, -0.1) is 0 Å². The lowest BCUT2D eigenvalue weighted by atomic mass is 9.84. The quantitative estimate of drug-likeness (QED) is 0.810. The molecule has 0 aromatic carbocycles. The van der Waals surface area contributed by atoms with Crippen LogP contribution in [0.5, 0.6) is 0 Å². The molecule has 1 aliphatic carbocycles. The Hall–Kier alpha value is -1.47. The maximum atomic E-state index is 13.0. The second-order valence-electron chi connectivity index (χ2n) is 6.59. The summed E-state index contributed by atoms with van der Waals surface area (Å²) >= 11 is 0. The molecule has 2 atom stereocenters. The summed E-state index contributed by atoms with van der Waals surface area (Å²) in [5, 5.41) is 4.92. The van der Waals surface area contributed by atoms with Gasteiger partial charge in [0.15, 0.2) is 0 Å². The molecule has 2 N–H and O–H groups in total. The van der Waals surface area contributed by atoms with Crippen LogP contribution >= 0.6 is 0 Å². The molecule has 8 heteroatoms. The van der Waals surface area contributed by atoms with Crippen molar-refractivity contribution in [2.24, 2.45) is 11.8 Å². The fraction of sp³-hybridized carbons (Fsp3) is 0.867. The Labute approximate surface area is 134 Å². The van der Waals surface area contributed by atoms with Gasteiger partial charge in [-0.25, -0.2) is 4.79 Å². The van der Waals surface area contributed by atoms with Crippen molar-refractivity contribution in [1.82, 2.24) is 15.5 Å². The molecule has 3 amide bonds. The first-order chi connectivity index (χ1) is 10.7. The molecule has 0 spiro atoms. The molecular weight excluding hydrogens is 311 g/mol. The van der Waals surface area contributed by atoms with Crippen LogP contribution in [0.3, 0.4) is 0 Å². The van der Waals surface area contributed by atoms with Gasteiger partial charge >= 0.3 is 12.2 Å². The van der Waals surface area contributed by atoms with E-state index in [0.29, 0.717) is 6.42 Å². The monoisotopic (exact) mass is 335 g/mol. The summed E-state index contributed by atoms with van der Waals surface area (Å²) < 4.78 is 39.0. The van der Waals surface area contributed by atoms with E-state index in [1.807, 2.05) is 0 Å². The molecule has 2 rings (SSSR count). The van der Waals surface area contributed by atoms with Crippen LogP contribution < -0.4 is 10.6 Å². The minimum atomic E-state index is -4.46. The molecule has 0 radical (unpaired) electrons. The van der Waals surface area contributed by atoms with Crippen LogP contribution in [0.2, 0.25) is 0 Å². The van der Waals surface area contributed by atoms with Gasteiger partial charge in [0.1, 0.15) is 6.04 Å². The van der Waals surface area contributed by atoms with E-state index in [2.05, 4.69) is 10.6 Å². The van der Waals surface area contributed by atoms with Crippen LogP contribution in [0.4, 0.5) is 18.0 Å². The Bertz CT molecular complexity index is 446. The Morgan fingerprint density at radius 1 is 1.26 bits per heavy atom. The van der Waals surface area contributed by atoms with Crippen molar-refractivity contribution in [1.29, 1.82) is 0 Å². The summed E-state index contributed by atoms with van der Waals surface area (Å²) in [7, 11) is 0. The van der Waals surface area contributed by atoms with Gasteiger partial charge in [-0.2, -0.15) is 13.2 Å². The van der Waals surface area contributed by atoms with Crippen LogP contribution in [-0.4, -0.2) is 48.2 Å². The van der Waals surface area contributed by atoms with Gasteiger partial charge in [-0.1, -0.05) is 26.7 Å². The number of likely N-dealkylation sites (tertiary alicyclic amines) is 1. The number of amides is 3. The molecule has 1 saturated heterocycles. The molecular formula is C15H24F3N3O2. The molecule has 5 nitrogen and oxygen atoms in total. The number of hydrogen-bond acceptors (Lipinski definition) is 2. The zero-order valence-corrected chi connectivity index (χ0v) is 13.4. The molecule has 1 heterocycles. The van der Waals surface area contributed by atoms with Crippen molar-refractivity contribution in [3.05, 3.63) is 0 Å². The first kappa shape index (κ1) is 17.9. The van der Waals surface area contributed by atoms with Gasteiger partial charge in [0.05, 0.1) is 6.04 Å². The van der Waals surface area contributed by atoms with E-state index in [4.69, 9.17) is 0 Å². The minimum Gasteiger partial charge on any atom is -0.350 e. The van der Waals surface area contributed by atoms with Crippen LogP contribution in [-0.2, 0) is 4.79 Å². The maximum absolute atomic E-state index is 13.0. The number of urea groups is 1. The lowest BCUT2D eigenvalue weighted by Gasteiger charge is -2.41. The predicted octanol–water partition coefficient (Wildman–Crippen LogP) is 2.27. The number of alkyl halides is 3. The van der Waals surface area contributed by atoms with Crippen LogP contribution in [0, 0.1) is 11.8 Å². The van der Waals surface area contributed by atoms with Gasteiger partial charge in [-0.05, 0) is 18.8 Å². The van der Waals surface area contributed by atoms with Gasteiger partial charge < -0.3 is 15.5 Å². The first-order valence-corrected chi connectivity index (χ1v) is 8.14. The number of rotatable bonds is 5. The van der Waals surface area contributed by atoms with E-state index in [9.17, 15) is 22.8 Å². The number of nitrogens with one attached hydrogen (secondary N) is 2. The zero-order valence-electron chi connectivity index (χ0n) is 13.4. The highest BCUT2D eigenvalue weighted by Gasteiger charge is 2.45. The van der Waals surface area contributed by atoms with E-state index < -0.39 is 24.2 Å². The molecule has 0 aromatic rings. The third kappa shape index (κ3) is 4.29. The van der Waals surface area contributed by atoms with Gasteiger partial charge in [-0.3, -0.25) is 4.79 Å². The molecule has 1 aliphatic heterocycles. The van der Waals surface area contributed by atoms with Gasteiger partial charge in [0.2, 0.25) is 5.91 Å². The Morgan fingerprint density at radius 3 is 2.30 bits per heavy atom. The summed E-state index contributed by atoms with van der Waals surface area (Å²) in [6, 6.07) is -2.72. The third-order valence-electron chi connectivity index (χ3n) is 4.84. The Balaban J connectivity index is 1.77. The standard InChI is InChI=1S/C15H24F3N3O2/c1-3-9(2)12(15(16,17)18)20-14(23)21-7-11(8-21)19-13(22)10-5-4-6-10/h9-12H,3-8H2,1-2H3,(H,19,22)(H,20,23)/t9-,12+/m0/s1. The van der Waals surface area contributed by atoms with Crippen molar-refractivity contribution in [3.63, 3.8) is 0 Å². The number of hydrogen-bond donors (Lipinski definition) is 2. The third-order valence-corrected chi connectivity index (χ3v) is 4.84. The maximum Gasteiger partial charge on any atom is 0.408 e. The average Bonchev–Trinajstić information content (AvgIpc) is 2.35. The van der Waals surface area contributed by atoms with Crippen molar-refractivity contribution in [2.75, 3.05) is 13.1 Å². The number of nitrogens with zero attached hydrogens (tertiary/aromatic N) is 1. The van der Waals surface area contributed by atoms with Crippen molar-refractivity contribution in [3.8, 4) is 0 Å². The molecule has 0 unspecified atom stereocenters. The SMILES string of the molecule is CC[C@H](C)[C@@H](NC(=O)N1CC(NC(=O)C2CCC2)C1)C(F)(F)F. The number of halogens is 3. The largest absolute Gasteiger partial charge is 0.408 e. The highest BCUT2D eigenvalue weighted by Crippen LogP contribution is 2.28.